The van der Waals surface area contributed by atoms with Crippen LogP contribution in [0.5, 0.6) is 5.75 Å². The van der Waals surface area contributed by atoms with Crippen molar-refractivity contribution in [3.05, 3.63) is 78.4 Å². The van der Waals surface area contributed by atoms with Crippen LogP contribution >= 0.6 is 0 Å². The smallest absolute Gasteiger partial charge is 0.303 e. The first-order chi connectivity index (χ1) is 15.1. The number of fused-ring (bicyclic) bond motifs is 1. The molecule has 0 spiro atoms. The van der Waals surface area contributed by atoms with E-state index in [9.17, 15) is 4.79 Å². The number of rotatable bonds is 9. The van der Waals surface area contributed by atoms with E-state index in [1.54, 1.807) is 0 Å². The van der Waals surface area contributed by atoms with Gasteiger partial charge >= 0.3 is 5.97 Å². The summed E-state index contributed by atoms with van der Waals surface area (Å²) < 4.78 is 8.13. The SMILES string of the molecule is Cc1cccc(-c2nc3ccc(OCCCCCC(=O)O)cc3n2-c2ccccc2)c1. The molecule has 31 heavy (non-hydrogen) atoms. The van der Waals surface area contributed by atoms with E-state index >= 15 is 0 Å². The number of carboxylic acids is 1. The predicted molar refractivity (Wildman–Crippen MR) is 123 cm³/mol. The van der Waals surface area contributed by atoms with Crippen LogP contribution in [0.1, 0.15) is 31.2 Å². The Morgan fingerprint density at radius 1 is 0.968 bits per heavy atom. The van der Waals surface area contributed by atoms with Gasteiger partial charge < -0.3 is 9.84 Å². The molecule has 0 saturated heterocycles. The normalized spacial score (nSPS) is 11.0. The first kappa shape index (κ1) is 20.7. The average Bonchev–Trinajstić information content (AvgIpc) is 3.15. The Balaban J connectivity index is 1.64. The third kappa shape index (κ3) is 4.94. The summed E-state index contributed by atoms with van der Waals surface area (Å²) in [5.41, 5.74) is 5.21. The highest BCUT2D eigenvalue weighted by molar-refractivity contribution is 5.84. The maximum atomic E-state index is 10.6. The summed E-state index contributed by atoms with van der Waals surface area (Å²) in [6, 6.07) is 24.6. The third-order valence-electron chi connectivity index (χ3n) is 5.22. The molecule has 158 valence electrons. The van der Waals surface area contributed by atoms with Crippen LogP contribution < -0.4 is 4.74 Å². The van der Waals surface area contributed by atoms with Crippen LogP contribution in [0.4, 0.5) is 0 Å². The first-order valence-electron chi connectivity index (χ1n) is 10.6. The second-order valence-electron chi connectivity index (χ2n) is 7.68. The lowest BCUT2D eigenvalue weighted by Gasteiger charge is -2.11. The number of carboxylic acid groups (broad SMARTS) is 1. The quantitative estimate of drug-likeness (QED) is 0.340. The van der Waals surface area contributed by atoms with Crippen LogP contribution in [0.2, 0.25) is 0 Å². The molecule has 0 bridgehead atoms. The Hall–Kier alpha value is -3.60. The van der Waals surface area contributed by atoms with Crippen molar-refractivity contribution in [3.63, 3.8) is 0 Å². The molecule has 0 amide bonds. The number of unbranched alkanes of at least 4 members (excludes halogenated alkanes) is 2. The van der Waals surface area contributed by atoms with Crippen molar-refractivity contribution in [2.45, 2.75) is 32.6 Å². The van der Waals surface area contributed by atoms with E-state index in [4.69, 9.17) is 14.8 Å². The maximum absolute atomic E-state index is 10.6. The number of aryl methyl sites for hydroxylation is 1. The highest BCUT2D eigenvalue weighted by Crippen LogP contribution is 2.31. The fourth-order valence-electron chi connectivity index (χ4n) is 3.71. The zero-order chi connectivity index (χ0) is 21.6. The van der Waals surface area contributed by atoms with Gasteiger partial charge in [0.15, 0.2) is 0 Å². The molecule has 0 aliphatic heterocycles. The topological polar surface area (TPSA) is 64.3 Å². The second-order valence-corrected chi connectivity index (χ2v) is 7.68. The first-order valence-corrected chi connectivity index (χ1v) is 10.6. The number of carbonyl (C=O) groups is 1. The Bertz CT molecular complexity index is 1180. The molecule has 5 heteroatoms. The van der Waals surface area contributed by atoms with Crippen molar-refractivity contribution < 1.29 is 14.6 Å². The van der Waals surface area contributed by atoms with E-state index in [0.29, 0.717) is 13.0 Å². The lowest BCUT2D eigenvalue weighted by molar-refractivity contribution is -0.137. The van der Waals surface area contributed by atoms with Gasteiger partial charge in [-0.15, -0.1) is 0 Å². The maximum Gasteiger partial charge on any atom is 0.303 e. The number of nitrogens with zero attached hydrogens (tertiary/aromatic N) is 2. The van der Waals surface area contributed by atoms with Gasteiger partial charge in [-0.2, -0.15) is 0 Å². The summed E-state index contributed by atoms with van der Waals surface area (Å²) in [7, 11) is 0. The minimum Gasteiger partial charge on any atom is -0.494 e. The van der Waals surface area contributed by atoms with Gasteiger partial charge in [-0.25, -0.2) is 4.98 Å². The number of aliphatic carboxylic acids is 1. The minimum absolute atomic E-state index is 0.212. The van der Waals surface area contributed by atoms with Crippen molar-refractivity contribution in [3.8, 4) is 22.8 Å². The molecule has 4 rings (SSSR count). The van der Waals surface area contributed by atoms with Gasteiger partial charge in [0.05, 0.1) is 17.6 Å². The van der Waals surface area contributed by atoms with E-state index in [1.165, 1.54) is 5.56 Å². The molecule has 3 aromatic carbocycles. The van der Waals surface area contributed by atoms with E-state index in [1.807, 2.05) is 36.4 Å². The molecule has 0 saturated carbocycles. The summed E-state index contributed by atoms with van der Waals surface area (Å²) in [6.45, 7) is 2.65. The fourth-order valence-corrected chi connectivity index (χ4v) is 3.71. The lowest BCUT2D eigenvalue weighted by Crippen LogP contribution is -2.00. The van der Waals surface area contributed by atoms with Crippen LogP contribution in [0.15, 0.2) is 72.8 Å². The Kier molecular flexibility index (Phi) is 6.32. The standard InChI is InChI=1S/C26H26N2O3/c1-19-9-8-10-20(17-19)26-27-23-15-14-22(31-16-7-3-6-13-25(29)30)18-24(23)28(26)21-11-4-2-5-12-21/h2,4-5,8-12,14-15,17-18H,3,6-7,13,16H2,1H3,(H,29,30). The van der Waals surface area contributed by atoms with Gasteiger partial charge in [0.2, 0.25) is 0 Å². The molecule has 0 atom stereocenters. The van der Waals surface area contributed by atoms with E-state index in [0.717, 1.165) is 46.7 Å². The minimum atomic E-state index is -0.745. The van der Waals surface area contributed by atoms with Crippen LogP contribution in [-0.2, 0) is 4.79 Å². The van der Waals surface area contributed by atoms with Gasteiger partial charge in [-0.3, -0.25) is 9.36 Å². The number of aromatic nitrogens is 2. The molecule has 0 fully saturated rings. The molecule has 0 aliphatic carbocycles. The van der Waals surface area contributed by atoms with Crippen molar-refractivity contribution in [2.75, 3.05) is 6.61 Å². The lowest BCUT2D eigenvalue weighted by atomic mass is 10.1. The van der Waals surface area contributed by atoms with Gasteiger partial charge in [-0.1, -0.05) is 42.0 Å². The Morgan fingerprint density at radius 3 is 2.58 bits per heavy atom. The molecule has 4 aromatic rings. The fraction of sp³-hybridized carbons (Fsp3) is 0.231. The Morgan fingerprint density at radius 2 is 1.81 bits per heavy atom. The number of ether oxygens (including phenoxy) is 1. The predicted octanol–water partition coefficient (Wildman–Crippen LogP) is 6.02. The summed E-state index contributed by atoms with van der Waals surface area (Å²) in [5.74, 6) is 0.944. The molecule has 0 aliphatic rings. The molecule has 1 heterocycles. The average molecular weight is 415 g/mol. The highest BCUT2D eigenvalue weighted by Gasteiger charge is 2.15. The highest BCUT2D eigenvalue weighted by atomic mass is 16.5. The van der Waals surface area contributed by atoms with E-state index in [2.05, 4.69) is 47.9 Å². The zero-order valence-corrected chi connectivity index (χ0v) is 17.6. The van der Waals surface area contributed by atoms with E-state index in [-0.39, 0.29) is 6.42 Å². The Labute approximate surface area is 181 Å². The monoisotopic (exact) mass is 414 g/mol. The molecular weight excluding hydrogens is 388 g/mol. The van der Waals surface area contributed by atoms with Gasteiger partial charge in [-0.05, 0) is 56.5 Å². The number of benzene rings is 3. The van der Waals surface area contributed by atoms with Crippen LogP contribution in [-0.4, -0.2) is 27.2 Å². The zero-order valence-electron chi connectivity index (χ0n) is 17.6. The number of para-hydroxylation sites is 1. The molecule has 0 unspecified atom stereocenters. The summed E-state index contributed by atoms with van der Waals surface area (Å²) in [6.07, 6.45) is 2.56. The summed E-state index contributed by atoms with van der Waals surface area (Å²) in [5, 5.41) is 8.73. The molecule has 5 nitrogen and oxygen atoms in total. The number of hydrogen-bond acceptors (Lipinski definition) is 3. The van der Waals surface area contributed by atoms with Gasteiger partial charge in [0.1, 0.15) is 11.6 Å². The molecule has 0 radical (unpaired) electrons. The van der Waals surface area contributed by atoms with Crippen LogP contribution in [0, 0.1) is 6.92 Å². The van der Waals surface area contributed by atoms with Crippen molar-refractivity contribution in [1.29, 1.82) is 0 Å². The van der Waals surface area contributed by atoms with E-state index < -0.39 is 5.97 Å². The molecular formula is C26H26N2O3. The van der Waals surface area contributed by atoms with Crippen LogP contribution in [0.3, 0.4) is 0 Å². The van der Waals surface area contributed by atoms with Gasteiger partial charge in [0.25, 0.3) is 0 Å². The van der Waals surface area contributed by atoms with Crippen molar-refractivity contribution in [1.82, 2.24) is 9.55 Å². The van der Waals surface area contributed by atoms with Gasteiger partial charge in [0, 0.05) is 23.7 Å². The van der Waals surface area contributed by atoms with Crippen molar-refractivity contribution in [2.24, 2.45) is 0 Å². The third-order valence-corrected chi connectivity index (χ3v) is 5.22. The largest absolute Gasteiger partial charge is 0.494 e. The number of hydrogen-bond donors (Lipinski definition) is 1. The van der Waals surface area contributed by atoms with Crippen LogP contribution in [0.25, 0.3) is 28.1 Å². The second kappa shape index (κ2) is 9.47. The number of imidazole rings is 1. The molecule has 1 N–H and O–H groups in total. The molecule has 1 aromatic heterocycles. The summed E-state index contributed by atoms with van der Waals surface area (Å²) >= 11 is 0. The van der Waals surface area contributed by atoms with Crippen molar-refractivity contribution >= 4 is 17.0 Å². The summed E-state index contributed by atoms with van der Waals surface area (Å²) in [4.78, 5) is 15.5.